The number of para-hydroxylation sites is 1. The lowest BCUT2D eigenvalue weighted by atomic mass is 10.2. The highest BCUT2D eigenvalue weighted by Crippen LogP contribution is 2.22. The van der Waals surface area contributed by atoms with Gasteiger partial charge in [-0.3, -0.25) is 9.48 Å². The molecule has 4 aromatic rings. The van der Waals surface area contributed by atoms with Gasteiger partial charge in [-0.1, -0.05) is 30.3 Å². The van der Waals surface area contributed by atoms with Crippen LogP contribution in [0.3, 0.4) is 0 Å². The number of likely N-dealkylation sites (tertiary alicyclic amines) is 1. The Kier molecular flexibility index (Phi) is 7.36. The number of hydrogen-bond acceptors (Lipinski definition) is 5. The van der Waals surface area contributed by atoms with Crippen molar-refractivity contribution in [2.24, 2.45) is 0 Å². The van der Waals surface area contributed by atoms with E-state index in [4.69, 9.17) is 4.74 Å². The standard InChI is InChI=1S/C28H31N5O2/c34-28(21-29-19-22-7-6-10-26(17-22)35-25-8-2-1-3-9-25)31-24-12-11-23-20-30-33(27(23)18-24)16-15-32-13-4-5-14-32/h1-3,6-12,17-18,20,29H,4-5,13-16,19,21H2,(H,31,34). The van der Waals surface area contributed by atoms with E-state index in [2.05, 4.69) is 20.6 Å². The second kappa shape index (κ2) is 11.2. The number of hydrogen-bond donors (Lipinski definition) is 2. The third-order valence-corrected chi connectivity index (χ3v) is 6.25. The van der Waals surface area contributed by atoms with Gasteiger partial charge >= 0.3 is 0 Å². The number of rotatable bonds is 10. The van der Waals surface area contributed by atoms with Gasteiger partial charge in [0.1, 0.15) is 11.5 Å². The SMILES string of the molecule is O=C(CNCc1cccc(Oc2ccccc2)c1)Nc1ccc2cnn(CCN3CCCC3)c2c1. The average Bonchev–Trinajstić information content (AvgIpc) is 3.53. The van der Waals surface area contributed by atoms with Crippen LogP contribution in [0.15, 0.2) is 79.0 Å². The molecule has 7 heteroatoms. The molecule has 1 aliphatic heterocycles. The van der Waals surface area contributed by atoms with E-state index in [0.29, 0.717) is 6.54 Å². The molecule has 0 radical (unpaired) electrons. The minimum Gasteiger partial charge on any atom is -0.457 e. The number of amides is 1. The Labute approximate surface area is 205 Å². The second-order valence-electron chi connectivity index (χ2n) is 8.90. The van der Waals surface area contributed by atoms with Crippen LogP contribution >= 0.6 is 0 Å². The quantitative estimate of drug-likeness (QED) is 0.354. The van der Waals surface area contributed by atoms with Crippen LogP contribution in [-0.2, 0) is 17.9 Å². The fourth-order valence-corrected chi connectivity index (χ4v) is 4.44. The molecule has 0 bridgehead atoms. The Morgan fingerprint density at radius 3 is 2.60 bits per heavy atom. The predicted octanol–water partition coefficient (Wildman–Crippen LogP) is 4.65. The Hall–Kier alpha value is -3.68. The largest absolute Gasteiger partial charge is 0.457 e. The molecule has 1 fully saturated rings. The summed E-state index contributed by atoms with van der Waals surface area (Å²) in [5.41, 5.74) is 2.88. The molecule has 0 saturated carbocycles. The van der Waals surface area contributed by atoms with Crippen LogP contribution in [0, 0.1) is 0 Å². The maximum atomic E-state index is 12.5. The highest BCUT2D eigenvalue weighted by Gasteiger charge is 2.12. The summed E-state index contributed by atoms with van der Waals surface area (Å²) in [4.78, 5) is 15.0. The van der Waals surface area contributed by atoms with Gasteiger partial charge in [-0.05, 0) is 74.0 Å². The highest BCUT2D eigenvalue weighted by molar-refractivity contribution is 5.94. The molecular weight excluding hydrogens is 438 g/mol. The molecule has 7 nitrogen and oxygen atoms in total. The molecule has 0 unspecified atom stereocenters. The van der Waals surface area contributed by atoms with Crippen molar-refractivity contribution in [2.45, 2.75) is 25.9 Å². The summed E-state index contributed by atoms with van der Waals surface area (Å²) in [7, 11) is 0. The number of carbonyl (C=O) groups is 1. The van der Waals surface area contributed by atoms with Crippen LogP contribution in [0.25, 0.3) is 10.9 Å². The van der Waals surface area contributed by atoms with Gasteiger partial charge in [0.25, 0.3) is 0 Å². The molecule has 5 rings (SSSR count). The van der Waals surface area contributed by atoms with Crippen molar-refractivity contribution in [3.8, 4) is 11.5 Å². The van der Waals surface area contributed by atoms with E-state index in [1.54, 1.807) is 0 Å². The van der Waals surface area contributed by atoms with E-state index < -0.39 is 0 Å². The molecule has 2 N–H and O–H groups in total. The third kappa shape index (κ3) is 6.26. The molecule has 2 heterocycles. The van der Waals surface area contributed by atoms with Crippen LogP contribution in [0.5, 0.6) is 11.5 Å². The monoisotopic (exact) mass is 469 g/mol. The Morgan fingerprint density at radius 2 is 1.74 bits per heavy atom. The Morgan fingerprint density at radius 1 is 0.914 bits per heavy atom. The molecule has 180 valence electrons. The number of aromatic nitrogens is 2. The van der Waals surface area contributed by atoms with Gasteiger partial charge in [-0.25, -0.2) is 0 Å². The zero-order valence-electron chi connectivity index (χ0n) is 19.8. The van der Waals surface area contributed by atoms with E-state index >= 15 is 0 Å². The molecule has 0 spiro atoms. The number of benzene rings is 3. The zero-order valence-corrected chi connectivity index (χ0v) is 19.8. The molecule has 0 aliphatic carbocycles. The highest BCUT2D eigenvalue weighted by atomic mass is 16.5. The van der Waals surface area contributed by atoms with Crippen LogP contribution in [0.4, 0.5) is 5.69 Å². The lowest BCUT2D eigenvalue weighted by Crippen LogP contribution is -2.27. The Balaban J connectivity index is 1.12. The maximum Gasteiger partial charge on any atom is 0.238 e. The molecule has 1 aromatic heterocycles. The fraction of sp³-hybridized carbons (Fsp3) is 0.286. The lowest BCUT2D eigenvalue weighted by Gasteiger charge is -2.14. The van der Waals surface area contributed by atoms with Crippen molar-refractivity contribution in [3.63, 3.8) is 0 Å². The minimum absolute atomic E-state index is 0.0795. The zero-order chi connectivity index (χ0) is 23.9. The second-order valence-corrected chi connectivity index (χ2v) is 8.90. The van der Waals surface area contributed by atoms with Crippen LogP contribution in [-0.4, -0.2) is 46.8 Å². The first kappa shape index (κ1) is 23.1. The van der Waals surface area contributed by atoms with Crippen molar-refractivity contribution in [2.75, 3.05) is 31.5 Å². The number of carbonyl (C=O) groups excluding carboxylic acids is 1. The molecule has 1 amide bonds. The van der Waals surface area contributed by atoms with Gasteiger partial charge in [0.2, 0.25) is 5.91 Å². The maximum absolute atomic E-state index is 12.5. The average molecular weight is 470 g/mol. The summed E-state index contributed by atoms with van der Waals surface area (Å²) < 4.78 is 7.93. The van der Waals surface area contributed by atoms with Gasteiger partial charge in [-0.15, -0.1) is 0 Å². The smallest absolute Gasteiger partial charge is 0.238 e. The summed E-state index contributed by atoms with van der Waals surface area (Å²) in [6.45, 7) is 5.01. The summed E-state index contributed by atoms with van der Waals surface area (Å²) in [6, 6.07) is 23.5. The summed E-state index contributed by atoms with van der Waals surface area (Å²) in [6.07, 6.45) is 4.47. The van der Waals surface area contributed by atoms with Crippen molar-refractivity contribution in [1.29, 1.82) is 0 Å². The minimum atomic E-state index is -0.0795. The van der Waals surface area contributed by atoms with Gasteiger partial charge in [-0.2, -0.15) is 5.10 Å². The van der Waals surface area contributed by atoms with E-state index in [1.165, 1.54) is 25.9 Å². The van der Waals surface area contributed by atoms with Crippen LogP contribution < -0.4 is 15.4 Å². The molecule has 1 aliphatic rings. The predicted molar refractivity (Wildman–Crippen MR) is 139 cm³/mol. The van der Waals surface area contributed by atoms with Crippen molar-refractivity contribution in [1.82, 2.24) is 20.0 Å². The first-order chi connectivity index (χ1) is 17.2. The van der Waals surface area contributed by atoms with Crippen molar-refractivity contribution >= 4 is 22.5 Å². The summed E-state index contributed by atoms with van der Waals surface area (Å²) >= 11 is 0. The van der Waals surface area contributed by atoms with Crippen LogP contribution in [0.1, 0.15) is 18.4 Å². The fourth-order valence-electron chi connectivity index (χ4n) is 4.44. The molecule has 35 heavy (non-hydrogen) atoms. The van der Waals surface area contributed by atoms with Gasteiger partial charge in [0.15, 0.2) is 0 Å². The molecule has 1 saturated heterocycles. The van der Waals surface area contributed by atoms with Crippen molar-refractivity contribution < 1.29 is 9.53 Å². The van der Waals surface area contributed by atoms with Gasteiger partial charge in [0, 0.05) is 24.2 Å². The molecule has 3 aromatic carbocycles. The van der Waals surface area contributed by atoms with Gasteiger partial charge < -0.3 is 20.3 Å². The normalized spacial score (nSPS) is 13.8. The Bertz CT molecular complexity index is 1260. The summed E-state index contributed by atoms with van der Waals surface area (Å²) in [5, 5.41) is 11.8. The van der Waals surface area contributed by atoms with E-state index in [-0.39, 0.29) is 12.5 Å². The molecular formula is C28H31N5O2. The first-order valence-electron chi connectivity index (χ1n) is 12.2. The van der Waals surface area contributed by atoms with Crippen LogP contribution in [0.2, 0.25) is 0 Å². The number of nitrogens with zero attached hydrogens (tertiary/aromatic N) is 3. The third-order valence-electron chi connectivity index (χ3n) is 6.25. The first-order valence-corrected chi connectivity index (χ1v) is 12.2. The van der Waals surface area contributed by atoms with Gasteiger partial charge in [0.05, 0.1) is 24.8 Å². The molecule has 0 atom stereocenters. The lowest BCUT2D eigenvalue weighted by molar-refractivity contribution is -0.115. The summed E-state index contributed by atoms with van der Waals surface area (Å²) in [5.74, 6) is 1.49. The van der Waals surface area contributed by atoms with E-state index in [9.17, 15) is 4.79 Å². The van der Waals surface area contributed by atoms with E-state index in [1.807, 2.05) is 83.7 Å². The van der Waals surface area contributed by atoms with E-state index in [0.717, 1.165) is 46.7 Å². The number of anilines is 1. The number of nitrogens with one attached hydrogen (secondary N) is 2. The topological polar surface area (TPSA) is 71.4 Å². The van der Waals surface area contributed by atoms with Crippen molar-refractivity contribution in [3.05, 3.63) is 84.6 Å². The number of fused-ring (bicyclic) bond motifs is 1. The number of ether oxygens (including phenoxy) is 1.